The molecule has 0 atom stereocenters. The zero-order valence-electron chi connectivity index (χ0n) is 6.88. The molecule has 2 fully saturated rings. The van der Waals surface area contributed by atoms with Crippen molar-refractivity contribution in [3.8, 4) is 0 Å². The number of nitrogens with two attached hydrogens (primary N) is 1. The zero-order chi connectivity index (χ0) is 8.82. The van der Waals surface area contributed by atoms with Crippen molar-refractivity contribution in [2.75, 3.05) is 0 Å². The topological polar surface area (TPSA) is 72.5 Å². The van der Waals surface area contributed by atoms with Gasteiger partial charge in [0, 0.05) is 0 Å². The van der Waals surface area contributed by atoms with Crippen molar-refractivity contribution in [2.24, 2.45) is 11.3 Å². The van der Waals surface area contributed by atoms with E-state index in [1.54, 1.807) is 0 Å². The summed E-state index contributed by atoms with van der Waals surface area (Å²) in [5, 5.41) is 9.00. The van der Waals surface area contributed by atoms with Gasteiger partial charge in [-0.2, -0.15) is 0 Å². The highest BCUT2D eigenvalue weighted by Gasteiger charge is 2.59. The maximum atomic E-state index is 10.9. The number of aliphatic carboxylic acids is 1. The van der Waals surface area contributed by atoms with Crippen LogP contribution in [0.4, 0.5) is 0 Å². The largest absolute Gasteiger partial charge is 0.481 e. The first kappa shape index (κ1) is 8.01. The van der Waals surface area contributed by atoms with Crippen LogP contribution in [0, 0.1) is 5.41 Å². The van der Waals surface area contributed by atoms with E-state index in [0.29, 0.717) is 6.42 Å². The fourth-order valence-electron chi connectivity index (χ4n) is 2.60. The lowest BCUT2D eigenvalue weighted by atomic mass is 9.84. The van der Waals surface area contributed by atoms with Crippen LogP contribution in [0.25, 0.3) is 0 Å². The van der Waals surface area contributed by atoms with Gasteiger partial charge in [0.25, 0.3) is 0 Å². The first-order valence-corrected chi connectivity index (χ1v) is 4.24. The second-order valence-corrected chi connectivity index (χ2v) is 4.06. The molecule has 4 nitrogen and oxygen atoms in total. The summed E-state index contributed by atoms with van der Waals surface area (Å²) in [5.41, 5.74) is -0.822. The van der Waals surface area contributed by atoms with Crippen LogP contribution in [-0.2, 0) is 9.63 Å². The molecule has 0 radical (unpaired) electrons. The lowest BCUT2D eigenvalue weighted by molar-refractivity contribution is -0.148. The number of hydrogen-bond acceptors (Lipinski definition) is 3. The van der Waals surface area contributed by atoms with Crippen molar-refractivity contribution in [1.29, 1.82) is 0 Å². The third kappa shape index (κ3) is 0.820. The van der Waals surface area contributed by atoms with Gasteiger partial charge in [0.05, 0.1) is 11.0 Å². The summed E-state index contributed by atoms with van der Waals surface area (Å²) in [7, 11) is 0. The highest BCUT2D eigenvalue weighted by atomic mass is 16.6. The number of fused-ring (bicyclic) bond motifs is 2. The van der Waals surface area contributed by atoms with Crippen LogP contribution < -0.4 is 5.90 Å². The van der Waals surface area contributed by atoms with Gasteiger partial charge in [-0.05, 0) is 32.1 Å². The predicted molar refractivity (Wildman–Crippen MR) is 41.2 cm³/mol. The third-order valence-electron chi connectivity index (χ3n) is 3.48. The minimum Gasteiger partial charge on any atom is -0.481 e. The van der Waals surface area contributed by atoms with E-state index in [-0.39, 0.29) is 5.60 Å². The van der Waals surface area contributed by atoms with Crippen molar-refractivity contribution in [1.82, 2.24) is 0 Å². The SMILES string of the molecule is NOC12CCC(C(=O)O)(CC1)C2. The van der Waals surface area contributed by atoms with Crippen LogP contribution in [-0.4, -0.2) is 16.7 Å². The molecular formula is C8H13NO3. The van der Waals surface area contributed by atoms with Gasteiger partial charge in [-0.3, -0.25) is 9.63 Å². The zero-order valence-corrected chi connectivity index (χ0v) is 6.88. The average molecular weight is 171 g/mol. The lowest BCUT2D eigenvalue weighted by Crippen LogP contribution is -2.29. The number of carboxylic acid groups (broad SMARTS) is 1. The van der Waals surface area contributed by atoms with E-state index < -0.39 is 11.4 Å². The first-order chi connectivity index (χ1) is 5.63. The monoisotopic (exact) mass is 171 g/mol. The fourth-order valence-corrected chi connectivity index (χ4v) is 2.60. The molecule has 0 heterocycles. The van der Waals surface area contributed by atoms with Gasteiger partial charge in [-0.1, -0.05) is 0 Å². The minimum absolute atomic E-state index is 0.307. The Kier molecular flexibility index (Phi) is 1.47. The molecule has 2 bridgehead atoms. The van der Waals surface area contributed by atoms with Gasteiger partial charge in [-0.15, -0.1) is 0 Å². The van der Waals surface area contributed by atoms with Crippen molar-refractivity contribution in [3.05, 3.63) is 0 Å². The molecular weight excluding hydrogens is 158 g/mol. The molecule has 4 heteroatoms. The van der Waals surface area contributed by atoms with Crippen molar-refractivity contribution in [3.63, 3.8) is 0 Å². The first-order valence-electron chi connectivity index (χ1n) is 4.24. The number of hydrogen-bond donors (Lipinski definition) is 2. The van der Waals surface area contributed by atoms with Crippen LogP contribution >= 0.6 is 0 Å². The summed E-state index contributed by atoms with van der Waals surface area (Å²) < 4.78 is 0. The Bertz CT molecular complexity index is 218. The van der Waals surface area contributed by atoms with E-state index in [2.05, 4.69) is 0 Å². The Morgan fingerprint density at radius 3 is 2.17 bits per heavy atom. The Labute approximate surface area is 70.6 Å². The van der Waals surface area contributed by atoms with E-state index >= 15 is 0 Å². The summed E-state index contributed by atoms with van der Waals surface area (Å²) in [6.45, 7) is 0. The maximum Gasteiger partial charge on any atom is 0.309 e. The lowest BCUT2D eigenvalue weighted by Gasteiger charge is -2.23. The van der Waals surface area contributed by atoms with Gasteiger partial charge < -0.3 is 5.11 Å². The molecule has 0 aliphatic heterocycles. The van der Waals surface area contributed by atoms with E-state index in [1.165, 1.54) is 0 Å². The summed E-state index contributed by atoms with van der Waals surface area (Å²) in [6, 6.07) is 0. The molecule has 3 N–H and O–H groups in total. The smallest absolute Gasteiger partial charge is 0.309 e. The second kappa shape index (κ2) is 2.20. The fraction of sp³-hybridized carbons (Fsp3) is 0.875. The van der Waals surface area contributed by atoms with Crippen LogP contribution in [0.5, 0.6) is 0 Å². The summed E-state index contributed by atoms with van der Waals surface area (Å²) in [6.07, 6.45) is 3.65. The highest BCUT2D eigenvalue weighted by molar-refractivity contribution is 5.76. The molecule has 0 unspecified atom stereocenters. The normalized spacial score (nSPS) is 45.1. The van der Waals surface area contributed by atoms with Crippen LogP contribution in [0.2, 0.25) is 0 Å². The number of carbonyl (C=O) groups is 1. The van der Waals surface area contributed by atoms with Gasteiger partial charge in [0.1, 0.15) is 0 Å². The highest BCUT2D eigenvalue weighted by Crippen LogP contribution is 2.57. The second-order valence-electron chi connectivity index (χ2n) is 4.06. The molecule has 12 heavy (non-hydrogen) atoms. The Hall–Kier alpha value is -0.610. The quantitative estimate of drug-likeness (QED) is 0.599. The Morgan fingerprint density at radius 1 is 1.33 bits per heavy atom. The van der Waals surface area contributed by atoms with Gasteiger partial charge in [-0.25, -0.2) is 5.90 Å². The van der Waals surface area contributed by atoms with Gasteiger partial charge in [0.15, 0.2) is 0 Å². The van der Waals surface area contributed by atoms with Crippen molar-refractivity contribution < 1.29 is 14.7 Å². The molecule has 2 aliphatic carbocycles. The van der Waals surface area contributed by atoms with Crippen LogP contribution in [0.3, 0.4) is 0 Å². The molecule has 2 saturated carbocycles. The molecule has 0 spiro atoms. The van der Waals surface area contributed by atoms with Gasteiger partial charge in [0.2, 0.25) is 0 Å². The van der Waals surface area contributed by atoms with Gasteiger partial charge >= 0.3 is 5.97 Å². The number of rotatable bonds is 2. The third-order valence-corrected chi connectivity index (χ3v) is 3.48. The maximum absolute atomic E-state index is 10.9. The number of carboxylic acids is 1. The minimum atomic E-state index is -0.682. The van der Waals surface area contributed by atoms with E-state index in [1.807, 2.05) is 0 Å². The molecule has 0 saturated heterocycles. The van der Waals surface area contributed by atoms with Crippen molar-refractivity contribution in [2.45, 2.75) is 37.7 Å². The van der Waals surface area contributed by atoms with E-state index in [4.69, 9.17) is 15.8 Å². The molecule has 0 aromatic carbocycles. The van der Waals surface area contributed by atoms with Crippen LogP contribution in [0.1, 0.15) is 32.1 Å². The Morgan fingerprint density at radius 2 is 1.92 bits per heavy atom. The van der Waals surface area contributed by atoms with Crippen LogP contribution in [0.15, 0.2) is 0 Å². The average Bonchev–Trinajstić information content (AvgIpc) is 2.61. The predicted octanol–water partition coefficient (Wildman–Crippen LogP) is 0.664. The van der Waals surface area contributed by atoms with E-state index in [9.17, 15) is 4.79 Å². The molecule has 2 rings (SSSR count). The molecule has 68 valence electrons. The molecule has 2 aliphatic rings. The molecule has 0 aromatic heterocycles. The van der Waals surface area contributed by atoms with E-state index in [0.717, 1.165) is 25.7 Å². The summed E-state index contributed by atoms with van der Waals surface area (Å²) in [5.74, 6) is 4.49. The molecule has 0 aromatic rings. The Balaban J connectivity index is 2.23. The summed E-state index contributed by atoms with van der Waals surface area (Å²) in [4.78, 5) is 15.8. The molecule has 0 amide bonds. The summed E-state index contributed by atoms with van der Waals surface area (Å²) >= 11 is 0. The standard InChI is InChI=1S/C8H13NO3/c9-12-8-3-1-7(5-8,2-4-8)6(10)11/h1-5,9H2,(H,10,11). The van der Waals surface area contributed by atoms with Crippen molar-refractivity contribution >= 4 is 5.97 Å².